The largest absolute Gasteiger partial charge is 0.386 e. The van der Waals surface area contributed by atoms with Gasteiger partial charge in [-0.2, -0.15) is 4.31 Å². The second-order valence-corrected chi connectivity index (χ2v) is 6.44. The van der Waals surface area contributed by atoms with Gasteiger partial charge in [0, 0.05) is 6.54 Å². The second-order valence-electron chi connectivity index (χ2n) is 4.55. The van der Waals surface area contributed by atoms with E-state index in [-0.39, 0.29) is 10.7 Å². The van der Waals surface area contributed by atoms with E-state index < -0.39 is 16.1 Å². The van der Waals surface area contributed by atoms with Crippen molar-refractivity contribution in [3.63, 3.8) is 0 Å². The number of amidine groups is 1. The molecule has 1 aromatic carbocycles. The van der Waals surface area contributed by atoms with E-state index in [1.807, 2.05) is 13.0 Å². The Morgan fingerprint density at radius 1 is 1.50 bits per heavy atom. The Morgan fingerprint density at radius 2 is 2.22 bits per heavy atom. The Bertz CT molecular complexity index is 568. The Hall–Kier alpha value is -1.40. The van der Waals surface area contributed by atoms with Gasteiger partial charge in [0.05, 0.1) is 10.9 Å². The van der Waals surface area contributed by atoms with Gasteiger partial charge in [0.15, 0.2) is 0 Å². The Balaban J connectivity index is 2.40. The summed E-state index contributed by atoms with van der Waals surface area (Å²) in [5, 5.41) is 7.48. The maximum absolute atomic E-state index is 12.5. The number of benzene rings is 1. The summed E-state index contributed by atoms with van der Waals surface area (Å²) < 4.78 is 26.3. The molecule has 0 radical (unpaired) electrons. The van der Waals surface area contributed by atoms with Crippen LogP contribution in [0.25, 0.3) is 0 Å². The van der Waals surface area contributed by atoms with E-state index in [0.717, 1.165) is 12.0 Å². The predicted octanol–water partition coefficient (Wildman–Crippen LogP) is 1.08. The monoisotopic (exact) mass is 267 g/mol. The first kappa shape index (κ1) is 13.0. The van der Waals surface area contributed by atoms with E-state index in [2.05, 4.69) is 0 Å². The lowest BCUT2D eigenvalue weighted by molar-refractivity contribution is 0.443. The van der Waals surface area contributed by atoms with Crippen molar-refractivity contribution >= 4 is 15.9 Å². The van der Waals surface area contributed by atoms with E-state index in [4.69, 9.17) is 11.1 Å². The zero-order valence-electron chi connectivity index (χ0n) is 10.3. The first-order valence-corrected chi connectivity index (χ1v) is 7.29. The van der Waals surface area contributed by atoms with E-state index in [1.54, 1.807) is 18.2 Å². The number of nitrogens with one attached hydrogen (secondary N) is 1. The minimum absolute atomic E-state index is 0.0799. The molecule has 0 saturated carbocycles. The molecule has 1 aromatic rings. The van der Waals surface area contributed by atoms with Gasteiger partial charge in [0.1, 0.15) is 5.84 Å². The molecule has 0 amide bonds. The molecule has 1 saturated heterocycles. The van der Waals surface area contributed by atoms with Crippen LogP contribution in [0.4, 0.5) is 0 Å². The van der Waals surface area contributed by atoms with Crippen molar-refractivity contribution in [2.24, 2.45) is 5.73 Å². The molecule has 1 aliphatic rings. The quantitative estimate of drug-likeness (QED) is 0.634. The summed E-state index contributed by atoms with van der Waals surface area (Å²) in [7, 11) is -3.54. The minimum atomic E-state index is -3.54. The molecule has 6 heteroatoms. The van der Waals surface area contributed by atoms with Crippen LogP contribution in [-0.4, -0.2) is 31.1 Å². The van der Waals surface area contributed by atoms with Crippen LogP contribution >= 0.6 is 0 Å². The highest BCUT2D eigenvalue weighted by Crippen LogP contribution is 2.26. The molecule has 0 bridgehead atoms. The minimum Gasteiger partial charge on any atom is -0.386 e. The highest BCUT2D eigenvalue weighted by molar-refractivity contribution is 7.89. The van der Waals surface area contributed by atoms with Crippen LogP contribution in [0.3, 0.4) is 0 Å². The summed E-state index contributed by atoms with van der Waals surface area (Å²) in [5.74, 6) is -0.0799. The van der Waals surface area contributed by atoms with E-state index >= 15 is 0 Å². The van der Waals surface area contributed by atoms with Crippen LogP contribution in [0.5, 0.6) is 0 Å². The van der Waals surface area contributed by atoms with Crippen LogP contribution in [-0.2, 0) is 10.0 Å². The SMILES string of the molecule is Cc1cccc(S(=O)(=O)N2CCCC2C(=N)N)c1. The van der Waals surface area contributed by atoms with Crippen LogP contribution in [0.1, 0.15) is 18.4 Å². The summed E-state index contributed by atoms with van der Waals surface area (Å²) in [5.41, 5.74) is 6.37. The van der Waals surface area contributed by atoms with Gasteiger partial charge in [0.25, 0.3) is 0 Å². The zero-order valence-corrected chi connectivity index (χ0v) is 11.1. The van der Waals surface area contributed by atoms with Crippen molar-refractivity contribution in [1.29, 1.82) is 5.41 Å². The first-order chi connectivity index (χ1) is 8.43. The van der Waals surface area contributed by atoms with E-state index in [9.17, 15) is 8.42 Å². The fourth-order valence-corrected chi connectivity index (χ4v) is 4.03. The number of hydrogen-bond donors (Lipinski definition) is 2. The lowest BCUT2D eigenvalue weighted by atomic mass is 10.2. The molecule has 0 aromatic heterocycles. The second kappa shape index (κ2) is 4.70. The molecular formula is C12H17N3O2S. The average molecular weight is 267 g/mol. The number of sulfonamides is 1. The third kappa shape index (κ3) is 2.26. The molecule has 2 rings (SSSR count). The molecule has 1 aliphatic heterocycles. The normalized spacial score (nSPS) is 21.1. The van der Waals surface area contributed by atoms with Crippen molar-refractivity contribution in [1.82, 2.24) is 4.31 Å². The molecule has 1 unspecified atom stereocenters. The van der Waals surface area contributed by atoms with Crippen molar-refractivity contribution < 1.29 is 8.42 Å². The average Bonchev–Trinajstić information content (AvgIpc) is 2.78. The van der Waals surface area contributed by atoms with Gasteiger partial charge in [-0.1, -0.05) is 12.1 Å². The van der Waals surface area contributed by atoms with Crippen molar-refractivity contribution in [3.05, 3.63) is 29.8 Å². The maximum Gasteiger partial charge on any atom is 0.243 e. The van der Waals surface area contributed by atoms with Gasteiger partial charge < -0.3 is 5.73 Å². The Morgan fingerprint density at radius 3 is 2.83 bits per heavy atom. The molecule has 98 valence electrons. The van der Waals surface area contributed by atoms with Crippen molar-refractivity contribution in [2.75, 3.05) is 6.54 Å². The molecule has 18 heavy (non-hydrogen) atoms. The van der Waals surface area contributed by atoms with Gasteiger partial charge in [-0.15, -0.1) is 0 Å². The molecule has 5 nitrogen and oxygen atoms in total. The Labute approximate surface area is 107 Å². The molecule has 1 fully saturated rings. The molecular weight excluding hydrogens is 250 g/mol. The zero-order chi connectivity index (χ0) is 13.3. The Kier molecular flexibility index (Phi) is 3.41. The molecule has 0 spiro atoms. The van der Waals surface area contributed by atoms with Gasteiger partial charge in [-0.3, -0.25) is 5.41 Å². The number of aryl methyl sites for hydroxylation is 1. The third-order valence-corrected chi connectivity index (χ3v) is 5.06. The smallest absolute Gasteiger partial charge is 0.243 e. The number of rotatable bonds is 3. The van der Waals surface area contributed by atoms with Gasteiger partial charge in [-0.05, 0) is 37.5 Å². The van der Waals surface area contributed by atoms with Crippen molar-refractivity contribution in [2.45, 2.75) is 30.7 Å². The highest BCUT2D eigenvalue weighted by Gasteiger charge is 2.36. The van der Waals surface area contributed by atoms with Crippen LogP contribution < -0.4 is 5.73 Å². The highest BCUT2D eigenvalue weighted by atomic mass is 32.2. The molecule has 1 heterocycles. The molecule has 3 N–H and O–H groups in total. The predicted molar refractivity (Wildman–Crippen MR) is 70.0 cm³/mol. The molecule has 0 aliphatic carbocycles. The van der Waals surface area contributed by atoms with Crippen LogP contribution in [0.15, 0.2) is 29.2 Å². The number of nitrogens with zero attached hydrogens (tertiary/aromatic N) is 1. The van der Waals surface area contributed by atoms with E-state index in [1.165, 1.54) is 4.31 Å². The topological polar surface area (TPSA) is 87.2 Å². The third-order valence-electron chi connectivity index (χ3n) is 3.16. The van der Waals surface area contributed by atoms with Crippen LogP contribution in [0.2, 0.25) is 0 Å². The fraction of sp³-hybridized carbons (Fsp3) is 0.417. The molecule has 1 atom stereocenters. The lowest BCUT2D eigenvalue weighted by Gasteiger charge is -2.23. The summed E-state index contributed by atoms with van der Waals surface area (Å²) in [6.45, 7) is 2.28. The standard InChI is InChI=1S/C12H17N3O2S/c1-9-4-2-5-10(8-9)18(16,17)15-7-3-6-11(15)12(13)14/h2,4-5,8,11H,3,6-7H2,1H3,(H3,13,14). The van der Waals surface area contributed by atoms with Gasteiger partial charge in [-0.25, -0.2) is 8.42 Å². The lowest BCUT2D eigenvalue weighted by Crippen LogP contribution is -2.43. The number of hydrogen-bond acceptors (Lipinski definition) is 3. The van der Waals surface area contributed by atoms with E-state index in [0.29, 0.717) is 13.0 Å². The summed E-state index contributed by atoms with van der Waals surface area (Å²) >= 11 is 0. The number of nitrogens with two attached hydrogens (primary N) is 1. The maximum atomic E-state index is 12.5. The van der Waals surface area contributed by atoms with Gasteiger partial charge >= 0.3 is 0 Å². The fourth-order valence-electron chi connectivity index (χ4n) is 2.25. The summed E-state index contributed by atoms with van der Waals surface area (Å²) in [6.07, 6.45) is 1.37. The first-order valence-electron chi connectivity index (χ1n) is 5.85. The van der Waals surface area contributed by atoms with Crippen molar-refractivity contribution in [3.8, 4) is 0 Å². The summed E-state index contributed by atoms with van der Waals surface area (Å²) in [4.78, 5) is 0.274. The van der Waals surface area contributed by atoms with Gasteiger partial charge in [0.2, 0.25) is 10.0 Å². The summed E-state index contributed by atoms with van der Waals surface area (Å²) in [6, 6.07) is 6.31. The van der Waals surface area contributed by atoms with Crippen LogP contribution in [0, 0.1) is 12.3 Å².